The number of hydrogen-bond acceptors (Lipinski definition) is 2. The number of hydrogen-bond donors (Lipinski definition) is 1. The molecule has 1 saturated carbocycles. The van der Waals surface area contributed by atoms with Gasteiger partial charge in [-0.25, -0.2) is 4.39 Å². The number of rotatable bonds is 2. The van der Waals surface area contributed by atoms with Crippen molar-refractivity contribution in [3.8, 4) is 0 Å². The molecule has 6 heteroatoms. The standard InChI is InChI=1S/C25H18Cl2FNO2/c26-16-5-1-3-14(9-16)21-12-19(30)13-22(15-4-2-6-18(28)10-15)25(21)20-8-7-17(27)11-23(20)29-24(25)31/h1-11,21-22H,12-13H2,(H,29,31)/t21-,22+,25-/m0/s1. The van der Waals surface area contributed by atoms with Gasteiger partial charge in [0.05, 0.1) is 5.41 Å². The minimum Gasteiger partial charge on any atom is -0.325 e. The zero-order chi connectivity index (χ0) is 21.8. The van der Waals surface area contributed by atoms with Crippen LogP contribution >= 0.6 is 23.2 Å². The van der Waals surface area contributed by atoms with Crippen molar-refractivity contribution in [2.45, 2.75) is 30.1 Å². The Morgan fingerprint density at radius 2 is 1.48 bits per heavy atom. The molecule has 3 atom stereocenters. The van der Waals surface area contributed by atoms with Crippen LogP contribution in [0, 0.1) is 5.82 Å². The van der Waals surface area contributed by atoms with Crippen LogP contribution in [0.4, 0.5) is 10.1 Å². The molecule has 1 heterocycles. The molecular weight excluding hydrogens is 436 g/mol. The second-order valence-electron chi connectivity index (χ2n) is 8.18. The summed E-state index contributed by atoms with van der Waals surface area (Å²) in [5.74, 6) is -1.57. The topological polar surface area (TPSA) is 46.2 Å². The van der Waals surface area contributed by atoms with Crippen molar-refractivity contribution < 1.29 is 14.0 Å². The summed E-state index contributed by atoms with van der Waals surface area (Å²) in [6.45, 7) is 0. The number of carbonyl (C=O) groups is 2. The summed E-state index contributed by atoms with van der Waals surface area (Å²) in [4.78, 5) is 26.7. The van der Waals surface area contributed by atoms with Gasteiger partial charge in [-0.1, -0.05) is 53.5 Å². The van der Waals surface area contributed by atoms with E-state index in [2.05, 4.69) is 5.32 Å². The van der Waals surface area contributed by atoms with E-state index in [1.165, 1.54) is 12.1 Å². The highest BCUT2D eigenvalue weighted by Crippen LogP contribution is 2.60. The Labute approximate surface area is 189 Å². The van der Waals surface area contributed by atoms with Crippen molar-refractivity contribution in [1.82, 2.24) is 0 Å². The van der Waals surface area contributed by atoms with Gasteiger partial charge >= 0.3 is 0 Å². The summed E-state index contributed by atoms with van der Waals surface area (Å²) in [6, 6.07) is 18.7. The predicted octanol–water partition coefficient (Wildman–Crippen LogP) is 6.25. The van der Waals surface area contributed by atoms with Gasteiger partial charge < -0.3 is 5.32 Å². The van der Waals surface area contributed by atoms with E-state index < -0.39 is 23.1 Å². The highest BCUT2D eigenvalue weighted by Gasteiger charge is 2.60. The fourth-order valence-corrected chi connectivity index (χ4v) is 5.70. The van der Waals surface area contributed by atoms with Crippen LogP contribution in [0.3, 0.4) is 0 Å². The van der Waals surface area contributed by atoms with E-state index in [1.807, 2.05) is 18.2 Å². The average molecular weight is 454 g/mol. The number of benzene rings is 3. The molecule has 3 aromatic rings. The molecule has 0 unspecified atom stereocenters. The van der Waals surface area contributed by atoms with Crippen molar-refractivity contribution in [3.05, 3.63) is 99.3 Å². The lowest BCUT2D eigenvalue weighted by Gasteiger charge is -2.46. The molecule has 0 saturated heterocycles. The highest BCUT2D eigenvalue weighted by molar-refractivity contribution is 6.31. The van der Waals surface area contributed by atoms with Crippen LogP contribution in [-0.4, -0.2) is 11.7 Å². The maximum atomic E-state index is 14.2. The van der Waals surface area contributed by atoms with Gasteiger partial charge in [-0.15, -0.1) is 0 Å². The minimum absolute atomic E-state index is 0.0278. The SMILES string of the molecule is O=C1C[C@H](c2cccc(F)c2)[C@@]2(C(=O)Nc3cc(Cl)ccc32)[C@H](c2cccc(Cl)c2)C1. The zero-order valence-corrected chi connectivity index (χ0v) is 17.9. The number of nitrogens with one attached hydrogen (secondary N) is 1. The van der Waals surface area contributed by atoms with E-state index in [4.69, 9.17) is 23.2 Å². The van der Waals surface area contributed by atoms with E-state index in [0.29, 0.717) is 21.3 Å². The Hall–Kier alpha value is -2.69. The quantitative estimate of drug-likeness (QED) is 0.498. The Kier molecular flexibility index (Phi) is 4.87. The maximum Gasteiger partial charge on any atom is 0.236 e. The zero-order valence-electron chi connectivity index (χ0n) is 16.4. The van der Waals surface area contributed by atoms with Gasteiger partial charge in [-0.3, -0.25) is 9.59 Å². The van der Waals surface area contributed by atoms with E-state index in [0.717, 1.165) is 11.1 Å². The van der Waals surface area contributed by atoms with Crippen molar-refractivity contribution in [1.29, 1.82) is 0 Å². The van der Waals surface area contributed by atoms with Crippen LogP contribution in [0.5, 0.6) is 0 Å². The fraction of sp³-hybridized carbons (Fsp3) is 0.200. The average Bonchev–Trinajstić information content (AvgIpc) is 3.01. The number of anilines is 1. The predicted molar refractivity (Wildman–Crippen MR) is 119 cm³/mol. The summed E-state index contributed by atoms with van der Waals surface area (Å²) in [5.41, 5.74) is 1.73. The number of Topliss-reactive ketones (excluding diaryl/α,β-unsaturated/α-hetero) is 1. The van der Waals surface area contributed by atoms with Gasteiger partial charge in [-0.2, -0.15) is 0 Å². The molecule has 0 bridgehead atoms. The van der Waals surface area contributed by atoms with Crippen molar-refractivity contribution >= 4 is 40.6 Å². The number of carbonyl (C=O) groups excluding carboxylic acids is 2. The van der Waals surface area contributed by atoms with Crippen molar-refractivity contribution in [2.24, 2.45) is 0 Å². The lowest BCUT2D eigenvalue weighted by molar-refractivity contribution is -0.128. The molecule has 156 valence electrons. The Bertz CT molecular complexity index is 1170. The summed E-state index contributed by atoms with van der Waals surface area (Å²) in [6.07, 6.45) is 0.345. The molecule has 2 aliphatic rings. The molecule has 0 aromatic heterocycles. The molecule has 1 amide bonds. The molecule has 1 N–H and O–H groups in total. The van der Waals surface area contributed by atoms with Crippen LogP contribution in [-0.2, 0) is 15.0 Å². The van der Waals surface area contributed by atoms with Crippen molar-refractivity contribution in [3.63, 3.8) is 0 Å². The molecule has 0 radical (unpaired) electrons. The maximum absolute atomic E-state index is 14.2. The molecule has 3 nitrogen and oxygen atoms in total. The van der Waals surface area contributed by atoms with Crippen LogP contribution in [0.25, 0.3) is 0 Å². The first-order valence-corrected chi connectivity index (χ1v) is 10.8. The number of amides is 1. The lowest BCUT2D eigenvalue weighted by Crippen LogP contribution is -2.50. The van der Waals surface area contributed by atoms with Gasteiger partial charge in [0.15, 0.2) is 0 Å². The minimum atomic E-state index is -1.09. The highest BCUT2D eigenvalue weighted by atomic mass is 35.5. The smallest absolute Gasteiger partial charge is 0.236 e. The van der Waals surface area contributed by atoms with Crippen LogP contribution in [0.1, 0.15) is 41.4 Å². The van der Waals surface area contributed by atoms with Crippen LogP contribution in [0.15, 0.2) is 66.7 Å². The molecular formula is C25H18Cl2FNO2. The first-order chi connectivity index (χ1) is 14.9. The normalized spacial score (nSPS) is 24.9. The lowest BCUT2D eigenvalue weighted by atomic mass is 9.54. The molecule has 1 spiro atoms. The molecule has 5 rings (SSSR count). The van der Waals surface area contributed by atoms with Gasteiger partial charge in [0.2, 0.25) is 5.91 Å². The van der Waals surface area contributed by atoms with Crippen LogP contribution < -0.4 is 5.32 Å². The van der Waals surface area contributed by atoms with Gasteiger partial charge in [-0.05, 0) is 53.1 Å². The summed E-state index contributed by atoms with van der Waals surface area (Å²) in [5, 5.41) is 4.02. The third-order valence-electron chi connectivity index (χ3n) is 6.52. The molecule has 1 aliphatic carbocycles. The van der Waals surface area contributed by atoms with Gasteiger partial charge in [0, 0.05) is 40.4 Å². The fourth-order valence-electron chi connectivity index (χ4n) is 5.33. The van der Waals surface area contributed by atoms with Crippen LogP contribution in [0.2, 0.25) is 10.0 Å². The van der Waals surface area contributed by atoms with E-state index in [-0.39, 0.29) is 24.5 Å². The summed E-state index contributed by atoms with van der Waals surface area (Å²) in [7, 11) is 0. The first-order valence-electron chi connectivity index (χ1n) is 10.0. The Morgan fingerprint density at radius 1 is 0.839 bits per heavy atom. The first kappa shape index (κ1) is 20.2. The van der Waals surface area contributed by atoms with E-state index in [1.54, 1.807) is 36.4 Å². The molecule has 1 aliphatic heterocycles. The number of ketones is 1. The molecule has 31 heavy (non-hydrogen) atoms. The van der Waals surface area contributed by atoms with Gasteiger partial charge in [0.25, 0.3) is 0 Å². The van der Waals surface area contributed by atoms with Crippen molar-refractivity contribution in [2.75, 3.05) is 5.32 Å². The second-order valence-corrected chi connectivity index (χ2v) is 9.05. The summed E-state index contributed by atoms with van der Waals surface area (Å²) >= 11 is 12.5. The molecule has 1 fully saturated rings. The third-order valence-corrected chi connectivity index (χ3v) is 6.99. The second kappa shape index (κ2) is 7.47. The Morgan fingerprint density at radius 3 is 2.16 bits per heavy atom. The summed E-state index contributed by atoms with van der Waals surface area (Å²) < 4.78 is 14.2. The number of halogens is 3. The molecule has 3 aromatic carbocycles. The largest absolute Gasteiger partial charge is 0.325 e. The van der Waals surface area contributed by atoms with Gasteiger partial charge in [0.1, 0.15) is 11.6 Å². The number of fused-ring (bicyclic) bond motifs is 2. The Balaban J connectivity index is 1.81. The van der Waals surface area contributed by atoms with E-state index in [9.17, 15) is 14.0 Å². The van der Waals surface area contributed by atoms with E-state index >= 15 is 0 Å². The monoisotopic (exact) mass is 453 g/mol. The third kappa shape index (κ3) is 3.17.